The molecule has 0 N–H and O–H groups in total. The summed E-state index contributed by atoms with van der Waals surface area (Å²) in [5.74, 6) is 0.347. The van der Waals surface area contributed by atoms with E-state index in [4.69, 9.17) is 4.74 Å². The molecule has 2 aromatic heterocycles. The number of rotatable bonds is 5. The molecule has 0 spiro atoms. The molecule has 4 rings (SSSR count). The van der Waals surface area contributed by atoms with Crippen molar-refractivity contribution in [2.45, 2.75) is 25.3 Å². The first-order chi connectivity index (χ1) is 13.2. The van der Waals surface area contributed by atoms with Crippen LogP contribution in [0.2, 0.25) is 0 Å². The number of halogens is 1. The Morgan fingerprint density at radius 1 is 1.22 bits per heavy atom. The molecule has 0 saturated carbocycles. The number of piperidine rings is 1. The number of hydrogen-bond donors (Lipinski definition) is 0. The molecule has 0 aliphatic carbocycles. The molecular weight excluding hydrogens is 345 g/mol. The van der Waals surface area contributed by atoms with Crippen LogP contribution in [0.15, 0.2) is 48.9 Å². The second-order valence-corrected chi connectivity index (χ2v) is 6.84. The number of ether oxygens (including phenoxy) is 1. The lowest BCUT2D eigenvalue weighted by atomic mass is 9.95. The minimum Gasteiger partial charge on any atom is -0.434 e. The zero-order valence-corrected chi connectivity index (χ0v) is 15.3. The van der Waals surface area contributed by atoms with Gasteiger partial charge in [0.1, 0.15) is 0 Å². The van der Waals surface area contributed by atoms with E-state index in [1.165, 1.54) is 18.0 Å². The normalized spacial score (nSPS) is 17.8. The molecule has 6 nitrogen and oxygen atoms in total. The first kappa shape index (κ1) is 17.6. The minimum absolute atomic E-state index is 0.158. The van der Waals surface area contributed by atoms with Gasteiger partial charge in [-0.1, -0.05) is 12.1 Å². The highest BCUT2D eigenvalue weighted by atomic mass is 19.1. The van der Waals surface area contributed by atoms with Crippen molar-refractivity contribution in [3.63, 3.8) is 0 Å². The van der Waals surface area contributed by atoms with Crippen molar-refractivity contribution in [1.29, 1.82) is 0 Å². The molecular formula is C20H22FN5O. The predicted octanol–water partition coefficient (Wildman–Crippen LogP) is 3.52. The van der Waals surface area contributed by atoms with Crippen LogP contribution in [0.25, 0.3) is 0 Å². The Morgan fingerprint density at radius 3 is 2.93 bits per heavy atom. The number of nitrogens with zero attached hydrogens (tertiary/aromatic N) is 5. The maximum atomic E-state index is 13.8. The Balaban J connectivity index is 1.46. The predicted molar refractivity (Wildman–Crippen MR) is 99.0 cm³/mol. The van der Waals surface area contributed by atoms with Gasteiger partial charge in [-0.2, -0.15) is 5.10 Å². The highest BCUT2D eigenvalue weighted by Crippen LogP contribution is 2.28. The van der Waals surface area contributed by atoms with Crippen molar-refractivity contribution in [3.05, 3.63) is 66.1 Å². The van der Waals surface area contributed by atoms with Crippen molar-refractivity contribution in [1.82, 2.24) is 24.6 Å². The van der Waals surface area contributed by atoms with E-state index in [1.807, 2.05) is 24.0 Å². The van der Waals surface area contributed by atoms with Crippen molar-refractivity contribution in [2.75, 3.05) is 13.1 Å². The minimum atomic E-state index is -0.412. The van der Waals surface area contributed by atoms with Gasteiger partial charge in [-0.15, -0.1) is 0 Å². The third kappa shape index (κ3) is 4.14. The van der Waals surface area contributed by atoms with E-state index in [0.717, 1.165) is 38.2 Å². The number of aromatic nitrogens is 4. The van der Waals surface area contributed by atoms with E-state index in [-0.39, 0.29) is 11.7 Å². The molecule has 1 atom stereocenters. The summed E-state index contributed by atoms with van der Waals surface area (Å²) in [5.41, 5.74) is 2.08. The molecule has 0 bridgehead atoms. The fourth-order valence-electron chi connectivity index (χ4n) is 3.47. The summed E-state index contributed by atoms with van der Waals surface area (Å²) < 4.78 is 21.3. The quantitative estimate of drug-likeness (QED) is 0.691. The topological polar surface area (TPSA) is 56.1 Å². The maximum absolute atomic E-state index is 13.8. The van der Waals surface area contributed by atoms with E-state index in [1.54, 1.807) is 24.4 Å². The van der Waals surface area contributed by atoms with Gasteiger partial charge in [0.05, 0.1) is 17.6 Å². The Morgan fingerprint density at radius 2 is 2.11 bits per heavy atom. The van der Waals surface area contributed by atoms with Crippen molar-refractivity contribution in [3.8, 4) is 11.6 Å². The number of benzene rings is 1. The summed E-state index contributed by atoms with van der Waals surface area (Å²) in [6.07, 6.45) is 7.28. The summed E-state index contributed by atoms with van der Waals surface area (Å²) >= 11 is 0. The third-order valence-corrected chi connectivity index (χ3v) is 4.91. The van der Waals surface area contributed by atoms with Crippen LogP contribution in [0.3, 0.4) is 0 Å². The molecule has 1 aromatic carbocycles. The van der Waals surface area contributed by atoms with Gasteiger partial charge in [-0.25, -0.2) is 9.37 Å². The molecule has 27 heavy (non-hydrogen) atoms. The monoisotopic (exact) mass is 367 g/mol. The Bertz CT molecular complexity index is 913. The lowest BCUT2D eigenvalue weighted by Crippen LogP contribution is -2.34. The molecule has 1 saturated heterocycles. The Kier molecular flexibility index (Phi) is 5.11. The second-order valence-electron chi connectivity index (χ2n) is 6.84. The molecule has 1 unspecified atom stereocenters. The first-order valence-corrected chi connectivity index (χ1v) is 9.12. The van der Waals surface area contributed by atoms with Crippen LogP contribution in [0, 0.1) is 5.82 Å². The van der Waals surface area contributed by atoms with Gasteiger partial charge in [-0.05, 0) is 37.6 Å². The lowest BCUT2D eigenvalue weighted by molar-refractivity contribution is 0.193. The van der Waals surface area contributed by atoms with E-state index in [9.17, 15) is 4.39 Å². The van der Waals surface area contributed by atoms with E-state index in [0.29, 0.717) is 5.88 Å². The fourth-order valence-corrected chi connectivity index (χ4v) is 3.47. The molecule has 7 heteroatoms. The van der Waals surface area contributed by atoms with Crippen molar-refractivity contribution < 1.29 is 9.13 Å². The standard InChI is InChI=1S/C20H22FN5O/c1-25-16(8-9-23-25)14-26-10-4-5-15(13-26)18-11-22-12-20(24-18)27-19-7-3-2-6-17(19)21/h2-3,6-9,11-12,15H,4-5,10,13-14H2,1H3. The highest BCUT2D eigenvalue weighted by Gasteiger charge is 2.24. The van der Waals surface area contributed by atoms with Crippen LogP contribution in [0.4, 0.5) is 4.39 Å². The molecule has 3 aromatic rings. The summed E-state index contributed by atoms with van der Waals surface area (Å²) in [6, 6.07) is 8.35. The van der Waals surface area contributed by atoms with Gasteiger partial charge in [-0.3, -0.25) is 14.6 Å². The van der Waals surface area contributed by atoms with E-state index in [2.05, 4.69) is 20.0 Å². The summed E-state index contributed by atoms with van der Waals surface area (Å²) in [7, 11) is 1.96. The van der Waals surface area contributed by atoms with Crippen LogP contribution < -0.4 is 4.74 Å². The number of hydrogen-bond acceptors (Lipinski definition) is 5. The highest BCUT2D eigenvalue weighted by molar-refractivity contribution is 5.28. The van der Waals surface area contributed by atoms with Crippen molar-refractivity contribution in [2.24, 2.45) is 7.05 Å². The largest absolute Gasteiger partial charge is 0.434 e. The fraction of sp³-hybridized carbons (Fsp3) is 0.350. The van der Waals surface area contributed by atoms with E-state index >= 15 is 0 Å². The molecule has 1 aliphatic rings. The average molecular weight is 367 g/mol. The number of para-hydroxylation sites is 1. The summed E-state index contributed by atoms with van der Waals surface area (Å²) in [5, 5.41) is 4.24. The van der Waals surface area contributed by atoms with Crippen molar-refractivity contribution >= 4 is 0 Å². The van der Waals surface area contributed by atoms with Crippen LogP contribution >= 0.6 is 0 Å². The molecule has 0 amide bonds. The van der Waals surface area contributed by atoms with Gasteiger partial charge < -0.3 is 4.74 Å². The van der Waals surface area contributed by atoms with Crippen LogP contribution in [-0.2, 0) is 13.6 Å². The summed E-state index contributed by atoms with van der Waals surface area (Å²) in [6.45, 7) is 2.83. The molecule has 1 fully saturated rings. The third-order valence-electron chi connectivity index (χ3n) is 4.91. The molecule has 1 aliphatic heterocycles. The van der Waals surface area contributed by atoms with Crippen LogP contribution in [0.5, 0.6) is 11.6 Å². The second kappa shape index (κ2) is 7.84. The Labute approximate surface area is 157 Å². The first-order valence-electron chi connectivity index (χ1n) is 9.12. The van der Waals surface area contributed by atoms with Gasteiger partial charge in [0.2, 0.25) is 5.88 Å². The van der Waals surface area contributed by atoms with E-state index < -0.39 is 5.82 Å². The smallest absolute Gasteiger partial charge is 0.238 e. The van der Waals surface area contributed by atoms with Crippen LogP contribution in [0.1, 0.15) is 30.1 Å². The van der Waals surface area contributed by atoms with Gasteiger partial charge >= 0.3 is 0 Å². The molecule has 140 valence electrons. The maximum Gasteiger partial charge on any atom is 0.238 e. The zero-order chi connectivity index (χ0) is 18.6. The SMILES string of the molecule is Cn1nccc1CN1CCCC(c2cncc(Oc3ccccc3F)n2)C1. The Hall–Kier alpha value is -2.80. The summed E-state index contributed by atoms with van der Waals surface area (Å²) in [4.78, 5) is 11.3. The van der Waals surface area contributed by atoms with Gasteiger partial charge in [0.25, 0.3) is 0 Å². The average Bonchev–Trinajstić information content (AvgIpc) is 3.09. The molecule has 0 radical (unpaired) electrons. The van der Waals surface area contributed by atoms with Gasteiger partial charge in [0.15, 0.2) is 11.6 Å². The molecule has 3 heterocycles. The number of likely N-dealkylation sites (tertiary alicyclic amines) is 1. The van der Waals surface area contributed by atoms with Crippen LogP contribution in [-0.4, -0.2) is 37.7 Å². The lowest BCUT2D eigenvalue weighted by Gasteiger charge is -2.32. The zero-order valence-electron chi connectivity index (χ0n) is 15.3. The number of aryl methyl sites for hydroxylation is 1. The van der Waals surface area contributed by atoms with Gasteiger partial charge in [0, 0.05) is 38.4 Å².